The predicted molar refractivity (Wildman–Crippen MR) is 59.3 cm³/mol. The Morgan fingerprint density at radius 3 is 2.80 bits per heavy atom. The van der Waals surface area contributed by atoms with E-state index in [1.165, 1.54) is 6.21 Å². The fraction of sp³-hybridized carbons (Fsp3) is 0.200. The van der Waals surface area contributed by atoms with Crippen LogP contribution in [0, 0.1) is 0 Å². The van der Waals surface area contributed by atoms with Gasteiger partial charge in [-0.2, -0.15) is 5.10 Å². The van der Waals surface area contributed by atoms with Crippen LogP contribution in [0.3, 0.4) is 0 Å². The number of carbonyl (C=O) groups excluding carboxylic acids is 1. The first kappa shape index (κ1) is 11.5. The normalized spacial score (nSPS) is 10.3. The molecule has 4 nitrogen and oxygen atoms in total. The molecule has 5 heteroatoms. The van der Waals surface area contributed by atoms with Crippen molar-refractivity contribution in [2.75, 3.05) is 6.61 Å². The maximum atomic E-state index is 11.1. The molecule has 1 aromatic rings. The molecule has 0 radical (unpaired) electrons. The van der Waals surface area contributed by atoms with Crippen LogP contribution in [0.4, 0.5) is 0 Å². The van der Waals surface area contributed by atoms with Gasteiger partial charge in [0, 0.05) is 11.2 Å². The topological polar surface area (TPSA) is 50.7 Å². The minimum absolute atomic E-state index is 0.0705. The molecule has 80 valence electrons. The summed E-state index contributed by atoms with van der Waals surface area (Å²) in [6.45, 7) is 1.64. The van der Waals surface area contributed by atoms with Crippen molar-refractivity contribution >= 4 is 23.7 Å². The Morgan fingerprint density at radius 1 is 1.53 bits per heavy atom. The third kappa shape index (κ3) is 4.46. The van der Waals surface area contributed by atoms with Gasteiger partial charge in [-0.3, -0.25) is 4.79 Å². The van der Waals surface area contributed by atoms with Crippen LogP contribution in [0.1, 0.15) is 6.92 Å². The Balaban J connectivity index is 2.37. The fourth-order valence-electron chi connectivity index (χ4n) is 0.849. The van der Waals surface area contributed by atoms with E-state index < -0.39 is 0 Å². The molecule has 1 amide bonds. The zero-order chi connectivity index (χ0) is 11.1. The number of rotatable bonds is 4. The number of benzene rings is 1. The second-order valence-electron chi connectivity index (χ2n) is 2.66. The van der Waals surface area contributed by atoms with Crippen molar-refractivity contribution in [1.82, 2.24) is 5.43 Å². The standard InChI is InChI=1S/C10H11ClN2O2/c1-2-12-13-10(14)7-15-9-5-3-8(11)4-6-9/h2-6H,7H2,1H3,(H,13,14)/b12-2+. The van der Waals surface area contributed by atoms with E-state index in [0.29, 0.717) is 10.8 Å². The van der Waals surface area contributed by atoms with E-state index in [1.807, 2.05) is 0 Å². The molecule has 0 saturated carbocycles. The molecular weight excluding hydrogens is 216 g/mol. The second kappa shape index (κ2) is 6.03. The van der Waals surface area contributed by atoms with E-state index >= 15 is 0 Å². The van der Waals surface area contributed by atoms with Gasteiger partial charge in [-0.1, -0.05) is 11.6 Å². The smallest absolute Gasteiger partial charge is 0.277 e. The van der Waals surface area contributed by atoms with Crippen molar-refractivity contribution in [3.05, 3.63) is 29.3 Å². The fourth-order valence-corrected chi connectivity index (χ4v) is 0.975. The van der Waals surface area contributed by atoms with Crippen molar-refractivity contribution < 1.29 is 9.53 Å². The van der Waals surface area contributed by atoms with Gasteiger partial charge in [-0.05, 0) is 31.2 Å². The van der Waals surface area contributed by atoms with Gasteiger partial charge in [0.05, 0.1) is 0 Å². The Labute approximate surface area is 92.9 Å². The third-order valence-electron chi connectivity index (χ3n) is 1.50. The lowest BCUT2D eigenvalue weighted by Crippen LogP contribution is -2.24. The molecule has 0 atom stereocenters. The average Bonchev–Trinajstić information content (AvgIpc) is 2.25. The molecular formula is C10H11ClN2O2. The third-order valence-corrected chi connectivity index (χ3v) is 1.75. The number of amides is 1. The molecule has 1 aromatic carbocycles. The zero-order valence-corrected chi connectivity index (χ0v) is 8.99. The van der Waals surface area contributed by atoms with E-state index in [2.05, 4.69) is 10.5 Å². The largest absolute Gasteiger partial charge is 0.484 e. The number of nitrogens with one attached hydrogen (secondary N) is 1. The first-order valence-corrected chi connectivity index (χ1v) is 4.75. The number of ether oxygens (including phenoxy) is 1. The van der Waals surface area contributed by atoms with Gasteiger partial charge in [-0.25, -0.2) is 5.43 Å². The maximum Gasteiger partial charge on any atom is 0.277 e. The van der Waals surface area contributed by atoms with Gasteiger partial charge in [-0.15, -0.1) is 0 Å². The minimum Gasteiger partial charge on any atom is -0.484 e. The van der Waals surface area contributed by atoms with Crippen LogP contribution < -0.4 is 10.2 Å². The molecule has 15 heavy (non-hydrogen) atoms. The SMILES string of the molecule is C/C=N/NC(=O)COc1ccc(Cl)cc1. The summed E-state index contributed by atoms with van der Waals surface area (Å²) in [4.78, 5) is 11.1. The summed E-state index contributed by atoms with van der Waals surface area (Å²) in [5, 5.41) is 4.20. The Hall–Kier alpha value is -1.55. The Bertz CT molecular complexity index is 349. The van der Waals surface area contributed by atoms with Crippen LogP contribution in [0.5, 0.6) is 5.75 Å². The molecule has 0 heterocycles. The monoisotopic (exact) mass is 226 g/mol. The van der Waals surface area contributed by atoms with Gasteiger partial charge >= 0.3 is 0 Å². The summed E-state index contributed by atoms with van der Waals surface area (Å²) in [6.07, 6.45) is 1.49. The first-order chi connectivity index (χ1) is 7.22. The van der Waals surface area contributed by atoms with Crippen LogP contribution in [0.25, 0.3) is 0 Å². The molecule has 0 aromatic heterocycles. The van der Waals surface area contributed by atoms with E-state index in [9.17, 15) is 4.79 Å². The summed E-state index contributed by atoms with van der Waals surface area (Å²) in [7, 11) is 0. The zero-order valence-electron chi connectivity index (χ0n) is 8.24. The maximum absolute atomic E-state index is 11.1. The van der Waals surface area contributed by atoms with E-state index in [1.54, 1.807) is 31.2 Å². The molecule has 0 fully saturated rings. The highest BCUT2D eigenvalue weighted by atomic mass is 35.5. The highest BCUT2D eigenvalue weighted by Crippen LogP contribution is 2.15. The molecule has 1 rings (SSSR count). The van der Waals surface area contributed by atoms with Gasteiger partial charge in [0.1, 0.15) is 5.75 Å². The number of nitrogens with zero attached hydrogens (tertiary/aromatic N) is 1. The number of hydrogen-bond donors (Lipinski definition) is 1. The molecule has 0 unspecified atom stereocenters. The molecule has 0 aliphatic carbocycles. The summed E-state index contributed by atoms with van der Waals surface area (Å²) in [5.41, 5.74) is 2.29. The van der Waals surface area contributed by atoms with Crippen molar-refractivity contribution in [2.45, 2.75) is 6.92 Å². The number of carbonyl (C=O) groups is 1. The van der Waals surface area contributed by atoms with Gasteiger partial charge in [0.2, 0.25) is 0 Å². The lowest BCUT2D eigenvalue weighted by molar-refractivity contribution is -0.123. The average molecular weight is 227 g/mol. The Kier molecular flexibility index (Phi) is 4.63. The van der Waals surface area contributed by atoms with Crippen molar-refractivity contribution in [1.29, 1.82) is 0 Å². The number of hydrazone groups is 1. The lowest BCUT2D eigenvalue weighted by atomic mass is 10.3. The molecule has 0 aliphatic heterocycles. The van der Waals surface area contributed by atoms with Crippen LogP contribution >= 0.6 is 11.6 Å². The minimum atomic E-state index is -0.303. The summed E-state index contributed by atoms with van der Waals surface area (Å²) < 4.78 is 5.18. The molecule has 0 bridgehead atoms. The van der Waals surface area contributed by atoms with Crippen molar-refractivity contribution in [3.8, 4) is 5.75 Å². The van der Waals surface area contributed by atoms with Crippen molar-refractivity contribution in [3.63, 3.8) is 0 Å². The van der Waals surface area contributed by atoms with Crippen LogP contribution in [-0.4, -0.2) is 18.7 Å². The Morgan fingerprint density at radius 2 is 2.20 bits per heavy atom. The second-order valence-corrected chi connectivity index (χ2v) is 3.10. The molecule has 1 N–H and O–H groups in total. The molecule has 0 aliphatic rings. The van der Waals surface area contributed by atoms with E-state index in [-0.39, 0.29) is 12.5 Å². The first-order valence-electron chi connectivity index (χ1n) is 4.37. The van der Waals surface area contributed by atoms with Gasteiger partial charge < -0.3 is 4.74 Å². The van der Waals surface area contributed by atoms with Gasteiger partial charge in [0.25, 0.3) is 5.91 Å². The van der Waals surface area contributed by atoms with Crippen LogP contribution in [0.15, 0.2) is 29.4 Å². The lowest BCUT2D eigenvalue weighted by Gasteiger charge is -2.04. The number of halogens is 1. The number of hydrogen-bond acceptors (Lipinski definition) is 3. The van der Waals surface area contributed by atoms with Crippen LogP contribution in [0.2, 0.25) is 5.02 Å². The summed E-state index contributed by atoms with van der Waals surface area (Å²) >= 11 is 5.69. The molecule has 0 spiro atoms. The summed E-state index contributed by atoms with van der Waals surface area (Å²) in [6, 6.07) is 6.77. The van der Waals surface area contributed by atoms with E-state index in [4.69, 9.17) is 16.3 Å². The van der Waals surface area contributed by atoms with Crippen LogP contribution in [-0.2, 0) is 4.79 Å². The van der Waals surface area contributed by atoms with Gasteiger partial charge in [0.15, 0.2) is 6.61 Å². The van der Waals surface area contributed by atoms with Crippen molar-refractivity contribution in [2.24, 2.45) is 5.10 Å². The molecule has 0 saturated heterocycles. The predicted octanol–water partition coefficient (Wildman–Crippen LogP) is 1.84. The highest BCUT2D eigenvalue weighted by molar-refractivity contribution is 6.30. The quantitative estimate of drug-likeness (QED) is 0.629. The highest BCUT2D eigenvalue weighted by Gasteiger charge is 2.00. The summed E-state index contributed by atoms with van der Waals surface area (Å²) in [5.74, 6) is 0.290. The van der Waals surface area contributed by atoms with E-state index in [0.717, 1.165) is 0 Å².